The third-order valence-corrected chi connectivity index (χ3v) is 4.53. The van der Waals surface area contributed by atoms with Crippen molar-refractivity contribution in [3.8, 4) is 0 Å². The molecule has 1 amide bonds. The number of hydrogen-bond donors (Lipinski definition) is 2. The highest BCUT2D eigenvalue weighted by molar-refractivity contribution is 5.97. The molecule has 0 radical (unpaired) electrons. The Hall–Kier alpha value is -1.43. The van der Waals surface area contributed by atoms with Crippen LogP contribution in [0.1, 0.15) is 45.2 Å². The van der Waals surface area contributed by atoms with Gasteiger partial charge in [-0.2, -0.15) is 0 Å². The normalized spacial score (nSPS) is 19.8. The standard InChI is InChI=1S/C18H29N3O2/c1-4-9-18(3,19)17(22)20-16-7-5-15(6-8-16)14(2)21-10-12-23-13-11-21/h5-8,14H,4,9-13,19H2,1-3H3,(H,20,22). The largest absolute Gasteiger partial charge is 0.379 e. The van der Waals surface area contributed by atoms with Crippen molar-refractivity contribution in [2.45, 2.75) is 45.2 Å². The smallest absolute Gasteiger partial charge is 0.244 e. The zero-order valence-electron chi connectivity index (χ0n) is 14.5. The van der Waals surface area contributed by atoms with Crippen molar-refractivity contribution < 1.29 is 9.53 Å². The second kappa shape index (κ2) is 7.90. The molecule has 1 aromatic carbocycles. The number of nitrogens with two attached hydrogens (primary N) is 1. The van der Waals surface area contributed by atoms with E-state index < -0.39 is 5.54 Å². The predicted octanol–water partition coefficient (Wildman–Crippen LogP) is 2.54. The van der Waals surface area contributed by atoms with Crippen LogP contribution in [0.15, 0.2) is 24.3 Å². The summed E-state index contributed by atoms with van der Waals surface area (Å²) in [7, 11) is 0. The Morgan fingerprint density at radius 2 is 1.96 bits per heavy atom. The molecule has 1 aliphatic heterocycles. The minimum absolute atomic E-state index is 0.131. The summed E-state index contributed by atoms with van der Waals surface area (Å²) in [5, 5.41) is 2.92. The number of nitrogens with zero attached hydrogens (tertiary/aromatic N) is 1. The highest BCUT2D eigenvalue weighted by atomic mass is 16.5. The summed E-state index contributed by atoms with van der Waals surface area (Å²) in [4.78, 5) is 14.6. The van der Waals surface area contributed by atoms with E-state index in [4.69, 9.17) is 10.5 Å². The lowest BCUT2D eigenvalue weighted by molar-refractivity contribution is -0.120. The average Bonchev–Trinajstić information content (AvgIpc) is 2.55. The highest BCUT2D eigenvalue weighted by Crippen LogP contribution is 2.23. The molecule has 1 aliphatic rings. The van der Waals surface area contributed by atoms with Gasteiger partial charge >= 0.3 is 0 Å². The molecule has 5 heteroatoms. The second-order valence-corrected chi connectivity index (χ2v) is 6.57. The molecule has 2 atom stereocenters. The van der Waals surface area contributed by atoms with Gasteiger partial charge in [0.1, 0.15) is 0 Å². The molecule has 2 unspecified atom stereocenters. The molecule has 0 saturated carbocycles. The lowest BCUT2D eigenvalue weighted by Crippen LogP contribution is -2.48. The van der Waals surface area contributed by atoms with Gasteiger partial charge in [0.05, 0.1) is 18.8 Å². The van der Waals surface area contributed by atoms with Crippen LogP contribution in [-0.2, 0) is 9.53 Å². The van der Waals surface area contributed by atoms with Gasteiger partial charge in [-0.25, -0.2) is 0 Å². The SMILES string of the molecule is CCCC(C)(N)C(=O)Nc1ccc(C(C)N2CCOCC2)cc1. The van der Waals surface area contributed by atoms with E-state index in [2.05, 4.69) is 29.3 Å². The van der Waals surface area contributed by atoms with Gasteiger partial charge in [0, 0.05) is 24.8 Å². The minimum atomic E-state index is -0.825. The summed E-state index contributed by atoms with van der Waals surface area (Å²) in [6.45, 7) is 9.53. The van der Waals surface area contributed by atoms with E-state index in [1.165, 1.54) is 5.56 Å². The monoisotopic (exact) mass is 319 g/mol. The summed E-state index contributed by atoms with van der Waals surface area (Å²) in [6.07, 6.45) is 1.56. The number of carbonyl (C=O) groups is 1. The number of hydrogen-bond acceptors (Lipinski definition) is 4. The van der Waals surface area contributed by atoms with Crippen molar-refractivity contribution in [2.24, 2.45) is 5.73 Å². The van der Waals surface area contributed by atoms with Crippen LogP contribution in [0.25, 0.3) is 0 Å². The first-order valence-electron chi connectivity index (χ1n) is 8.46. The molecule has 0 bridgehead atoms. The number of carbonyl (C=O) groups excluding carboxylic acids is 1. The van der Waals surface area contributed by atoms with E-state index in [0.717, 1.165) is 38.4 Å². The van der Waals surface area contributed by atoms with Crippen molar-refractivity contribution in [1.82, 2.24) is 4.90 Å². The number of morpholine rings is 1. The molecule has 1 heterocycles. The fourth-order valence-electron chi connectivity index (χ4n) is 2.93. The van der Waals surface area contributed by atoms with E-state index in [0.29, 0.717) is 12.5 Å². The van der Waals surface area contributed by atoms with Gasteiger partial charge in [-0.3, -0.25) is 9.69 Å². The number of ether oxygens (including phenoxy) is 1. The maximum Gasteiger partial charge on any atom is 0.244 e. The molecule has 1 fully saturated rings. The zero-order chi connectivity index (χ0) is 16.9. The van der Waals surface area contributed by atoms with Crippen LogP contribution in [0, 0.1) is 0 Å². The maximum absolute atomic E-state index is 12.2. The maximum atomic E-state index is 12.2. The van der Waals surface area contributed by atoms with Crippen molar-refractivity contribution in [2.75, 3.05) is 31.6 Å². The minimum Gasteiger partial charge on any atom is -0.379 e. The third kappa shape index (κ3) is 4.77. The first-order valence-corrected chi connectivity index (χ1v) is 8.46. The number of anilines is 1. The van der Waals surface area contributed by atoms with Crippen molar-refractivity contribution in [3.63, 3.8) is 0 Å². The van der Waals surface area contributed by atoms with E-state index >= 15 is 0 Å². The fraction of sp³-hybridized carbons (Fsp3) is 0.611. The van der Waals surface area contributed by atoms with Crippen LogP contribution in [0.3, 0.4) is 0 Å². The van der Waals surface area contributed by atoms with E-state index in [9.17, 15) is 4.79 Å². The fourth-order valence-corrected chi connectivity index (χ4v) is 2.93. The van der Waals surface area contributed by atoms with Gasteiger partial charge in [0.2, 0.25) is 5.91 Å². The van der Waals surface area contributed by atoms with Gasteiger partial charge in [-0.1, -0.05) is 25.5 Å². The van der Waals surface area contributed by atoms with Crippen LogP contribution in [0.2, 0.25) is 0 Å². The zero-order valence-corrected chi connectivity index (χ0v) is 14.5. The van der Waals surface area contributed by atoms with Gasteiger partial charge in [-0.15, -0.1) is 0 Å². The molecule has 0 aliphatic carbocycles. The molecule has 23 heavy (non-hydrogen) atoms. The summed E-state index contributed by atoms with van der Waals surface area (Å²) < 4.78 is 5.40. The lowest BCUT2D eigenvalue weighted by atomic mass is 9.96. The summed E-state index contributed by atoms with van der Waals surface area (Å²) in [6, 6.07) is 8.40. The van der Waals surface area contributed by atoms with Gasteiger partial charge in [0.25, 0.3) is 0 Å². The summed E-state index contributed by atoms with van der Waals surface area (Å²) in [5.41, 5.74) is 7.28. The number of benzene rings is 1. The van der Waals surface area contributed by atoms with Gasteiger partial charge in [0.15, 0.2) is 0 Å². The van der Waals surface area contributed by atoms with Crippen LogP contribution < -0.4 is 11.1 Å². The first kappa shape index (κ1) is 17.9. The lowest BCUT2D eigenvalue weighted by Gasteiger charge is -2.32. The van der Waals surface area contributed by atoms with Gasteiger partial charge < -0.3 is 15.8 Å². The second-order valence-electron chi connectivity index (χ2n) is 6.57. The quantitative estimate of drug-likeness (QED) is 0.845. The average molecular weight is 319 g/mol. The molecule has 1 saturated heterocycles. The number of nitrogens with one attached hydrogen (secondary N) is 1. The van der Waals surface area contributed by atoms with Gasteiger partial charge in [-0.05, 0) is 38.0 Å². The molecule has 0 aromatic heterocycles. The Bertz CT molecular complexity index is 508. The van der Waals surface area contributed by atoms with Crippen LogP contribution in [-0.4, -0.2) is 42.6 Å². The Labute approximate surface area is 139 Å². The summed E-state index contributed by atoms with van der Waals surface area (Å²) >= 11 is 0. The Morgan fingerprint density at radius 1 is 1.35 bits per heavy atom. The molecule has 1 aromatic rings. The van der Waals surface area contributed by atoms with E-state index in [1.54, 1.807) is 6.92 Å². The molecule has 2 rings (SSSR count). The summed E-state index contributed by atoms with van der Waals surface area (Å²) in [5.74, 6) is -0.131. The predicted molar refractivity (Wildman–Crippen MR) is 93.4 cm³/mol. The van der Waals surface area contributed by atoms with Crippen LogP contribution in [0.4, 0.5) is 5.69 Å². The van der Waals surface area contributed by atoms with Crippen LogP contribution >= 0.6 is 0 Å². The van der Waals surface area contributed by atoms with E-state index in [-0.39, 0.29) is 5.91 Å². The molecule has 128 valence electrons. The molecule has 0 spiro atoms. The topological polar surface area (TPSA) is 67.6 Å². The molecule has 5 nitrogen and oxygen atoms in total. The Balaban J connectivity index is 1.97. The molecule has 3 N–H and O–H groups in total. The van der Waals surface area contributed by atoms with Crippen molar-refractivity contribution in [3.05, 3.63) is 29.8 Å². The highest BCUT2D eigenvalue weighted by Gasteiger charge is 2.27. The van der Waals surface area contributed by atoms with Crippen molar-refractivity contribution in [1.29, 1.82) is 0 Å². The Morgan fingerprint density at radius 3 is 2.52 bits per heavy atom. The van der Waals surface area contributed by atoms with E-state index in [1.807, 2.05) is 19.1 Å². The number of rotatable bonds is 6. The Kier molecular flexibility index (Phi) is 6.16. The number of amides is 1. The molecular weight excluding hydrogens is 290 g/mol. The third-order valence-electron chi connectivity index (χ3n) is 4.53. The first-order chi connectivity index (χ1) is 10.9. The van der Waals surface area contributed by atoms with Crippen LogP contribution in [0.5, 0.6) is 0 Å². The molecular formula is C18H29N3O2. The van der Waals surface area contributed by atoms with Crippen molar-refractivity contribution >= 4 is 11.6 Å².